The first-order valence-electron chi connectivity index (χ1n) is 7.62. The van der Waals surface area contributed by atoms with Gasteiger partial charge in [-0.2, -0.15) is 18.2 Å². The molecule has 0 bridgehead atoms. The van der Waals surface area contributed by atoms with Crippen LogP contribution in [0.2, 0.25) is 0 Å². The van der Waals surface area contributed by atoms with Crippen LogP contribution in [0.3, 0.4) is 0 Å². The largest absolute Gasteiger partial charge is 0.393 e. The highest BCUT2D eigenvalue weighted by atomic mass is 32.1. The first-order chi connectivity index (χ1) is 11.2. The number of hydrogen-bond donors (Lipinski definition) is 1. The molecule has 1 aliphatic heterocycles. The van der Waals surface area contributed by atoms with Crippen LogP contribution in [-0.2, 0) is 11.2 Å². The smallest absolute Gasteiger partial charge is 0.368 e. The van der Waals surface area contributed by atoms with Crippen molar-refractivity contribution in [3.05, 3.63) is 10.9 Å². The molecule has 3 heterocycles. The lowest BCUT2D eigenvalue weighted by atomic mass is 9.67. The molecule has 1 saturated heterocycles. The van der Waals surface area contributed by atoms with Crippen molar-refractivity contribution in [2.24, 2.45) is 5.41 Å². The van der Waals surface area contributed by atoms with Gasteiger partial charge in [0.1, 0.15) is 16.4 Å². The molecular formula is C15H15F3N4OS. The Morgan fingerprint density at radius 1 is 1.33 bits per heavy atom. The lowest BCUT2D eigenvalue weighted by molar-refractivity contribution is -0.131. The zero-order chi connectivity index (χ0) is 17.1. The summed E-state index contributed by atoms with van der Waals surface area (Å²) in [5.74, 6) is 0.911. The van der Waals surface area contributed by atoms with Crippen LogP contribution in [0.5, 0.6) is 0 Å². The number of rotatable bonds is 2. The second-order valence-corrected chi connectivity index (χ2v) is 7.81. The summed E-state index contributed by atoms with van der Waals surface area (Å²) in [7, 11) is 0. The van der Waals surface area contributed by atoms with Gasteiger partial charge in [-0.25, -0.2) is 4.98 Å². The summed E-state index contributed by atoms with van der Waals surface area (Å²) < 4.78 is 37.9. The normalized spacial score (nSPS) is 20.1. The van der Waals surface area contributed by atoms with Crippen LogP contribution >= 0.6 is 11.3 Å². The van der Waals surface area contributed by atoms with Crippen LogP contribution in [0.1, 0.15) is 24.1 Å². The molecule has 0 unspecified atom stereocenters. The number of Topliss-reactive ketones (excluding diaryl/α,β-unsaturated/α-hetero) is 1. The Bertz CT molecular complexity index is 824. The fourth-order valence-electron chi connectivity index (χ4n) is 3.69. The van der Waals surface area contributed by atoms with Gasteiger partial charge >= 0.3 is 6.18 Å². The number of halogens is 3. The van der Waals surface area contributed by atoms with E-state index < -0.39 is 12.6 Å². The third-order valence-electron chi connectivity index (χ3n) is 4.70. The number of anilines is 2. The molecule has 4 rings (SSSR count). The monoisotopic (exact) mass is 356 g/mol. The Labute approximate surface area is 139 Å². The Hall–Kier alpha value is -1.90. The Balaban J connectivity index is 1.68. The number of aromatic nitrogens is 2. The number of carbonyl (C=O) groups is 1. The molecule has 1 aliphatic carbocycles. The first kappa shape index (κ1) is 15.6. The highest BCUT2D eigenvalue weighted by molar-refractivity contribution is 7.18. The Morgan fingerprint density at radius 3 is 2.75 bits per heavy atom. The van der Waals surface area contributed by atoms with Gasteiger partial charge in [-0.15, -0.1) is 11.3 Å². The predicted molar refractivity (Wildman–Crippen MR) is 85.1 cm³/mol. The standard InChI is InChI=1S/C15H15F3N4OS/c16-15(17,18)6-9-3-10-11(20-13(19)21-12(10)24-9)22-2-1-14(7-22)4-8(23)5-14/h3H,1-2,4-7H2,(H2,19,20,21). The molecule has 1 spiro atoms. The lowest BCUT2D eigenvalue weighted by Crippen LogP contribution is -2.40. The van der Waals surface area contributed by atoms with Crippen LogP contribution in [0.25, 0.3) is 10.2 Å². The van der Waals surface area contributed by atoms with Crippen LogP contribution < -0.4 is 10.6 Å². The number of hydrogen-bond acceptors (Lipinski definition) is 6. The second kappa shape index (κ2) is 5.05. The molecular weight excluding hydrogens is 341 g/mol. The maximum atomic E-state index is 12.6. The maximum Gasteiger partial charge on any atom is 0.393 e. The number of nitrogens with zero attached hydrogens (tertiary/aromatic N) is 3. The van der Waals surface area contributed by atoms with E-state index >= 15 is 0 Å². The van der Waals surface area contributed by atoms with Gasteiger partial charge < -0.3 is 10.6 Å². The van der Waals surface area contributed by atoms with Crippen molar-refractivity contribution in [2.75, 3.05) is 23.7 Å². The molecule has 2 N–H and O–H groups in total. The van der Waals surface area contributed by atoms with Crippen molar-refractivity contribution in [3.8, 4) is 0 Å². The van der Waals surface area contributed by atoms with E-state index in [9.17, 15) is 18.0 Å². The molecule has 2 aromatic rings. The van der Waals surface area contributed by atoms with Crippen molar-refractivity contribution >= 4 is 39.1 Å². The average molecular weight is 356 g/mol. The van der Waals surface area contributed by atoms with Crippen LogP contribution in [0, 0.1) is 5.41 Å². The van der Waals surface area contributed by atoms with Crippen molar-refractivity contribution in [3.63, 3.8) is 0 Å². The quantitative estimate of drug-likeness (QED) is 0.896. The fourth-order valence-corrected chi connectivity index (χ4v) is 4.75. The molecule has 9 heteroatoms. The molecule has 128 valence electrons. The van der Waals surface area contributed by atoms with Gasteiger partial charge in [0.25, 0.3) is 0 Å². The van der Waals surface area contributed by atoms with Gasteiger partial charge in [0.05, 0.1) is 11.8 Å². The summed E-state index contributed by atoms with van der Waals surface area (Å²) in [4.78, 5) is 22.4. The van der Waals surface area contributed by atoms with Crippen molar-refractivity contribution in [1.29, 1.82) is 0 Å². The van der Waals surface area contributed by atoms with E-state index in [1.807, 2.05) is 4.90 Å². The topological polar surface area (TPSA) is 72.1 Å². The molecule has 2 fully saturated rings. The number of nitrogen functional groups attached to an aromatic ring is 1. The number of carbonyl (C=O) groups excluding carboxylic acids is 1. The second-order valence-electron chi connectivity index (χ2n) is 6.69. The molecule has 0 atom stereocenters. The van der Waals surface area contributed by atoms with E-state index in [-0.39, 0.29) is 22.0 Å². The molecule has 24 heavy (non-hydrogen) atoms. The lowest BCUT2D eigenvalue weighted by Gasteiger charge is -2.36. The van der Waals surface area contributed by atoms with Crippen LogP contribution in [0.15, 0.2) is 6.07 Å². The molecule has 2 aliphatic rings. The van der Waals surface area contributed by atoms with E-state index in [4.69, 9.17) is 5.73 Å². The first-order valence-corrected chi connectivity index (χ1v) is 8.44. The maximum absolute atomic E-state index is 12.6. The van der Waals surface area contributed by atoms with Gasteiger partial charge in [-0.05, 0) is 12.5 Å². The summed E-state index contributed by atoms with van der Waals surface area (Å²) in [5, 5.41) is 0.608. The minimum absolute atomic E-state index is 0.00788. The predicted octanol–water partition coefficient (Wildman–Crippen LogP) is 2.94. The van der Waals surface area contributed by atoms with Gasteiger partial charge in [-0.1, -0.05) is 0 Å². The zero-order valence-electron chi connectivity index (χ0n) is 12.7. The van der Waals surface area contributed by atoms with Gasteiger partial charge in [0.15, 0.2) is 0 Å². The summed E-state index contributed by atoms with van der Waals surface area (Å²) in [6, 6.07) is 1.51. The van der Waals surface area contributed by atoms with Gasteiger partial charge in [-0.3, -0.25) is 4.79 Å². The number of ketones is 1. The van der Waals surface area contributed by atoms with E-state index in [1.54, 1.807) is 0 Å². The van der Waals surface area contributed by atoms with Crippen molar-refractivity contribution < 1.29 is 18.0 Å². The molecule has 0 radical (unpaired) electrons. The molecule has 0 amide bonds. The summed E-state index contributed by atoms with van der Waals surface area (Å²) in [6.45, 7) is 1.41. The van der Waals surface area contributed by atoms with Crippen molar-refractivity contribution in [1.82, 2.24) is 9.97 Å². The highest BCUT2D eigenvalue weighted by Gasteiger charge is 2.48. The SMILES string of the molecule is Nc1nc(N2CCC3(CC(=O)C3)C2)c2cc(CC(F)(F)F)sc2n1. The zero-order valence-corrected chi connectivity index (χ0v) is 13.5. The van der Waals surface area contributed by atoms with E-state index in [0.717, 1.165) is 24.3 Å². The van der Waals surface area contributed by atoms with Crippen molar-refractivity contribution in [2.45, 2.75) is 31.9 Å². The molecule has 0 aromatic carbocycles. The van der Waals surface area contributed by atoms with Gasteiger partial charge in [0, 0.05) is 36.2 Å². The fraction of sp³-hybridized carbons (Fsp3) is 0.533. The summed E-state index contributed by atoms with van der Waals surface area (Å²) in [5.41, 5.74) is 5.75. The molecule has 1 saturated carbocycles. The van der Waals surface area contributed by atoms with Crippen LogP contribution in [0.4, 0.5) is 24.9 Å². The third-order valence-corrected chi connectivity index (χ3v) is 5.73. The third kappa shape index (κ3) is 2.70. The summed E-state index contributed by atoms with van der Waals surface area (Å²) >= 11 is 0.999. The minimum atomic E-state index is -4.26. The number of nitrogens with two attached hydrogens (primary N) is 1. The Kier molecular flexibility index (Phi) is 3.28. The minimum Gasteiger partial charge on any atom is -0.368 e. The van der Waals surface area contributed by atoms with Crippen LogP contribution in [-0.4, -0.2) is 35.0 Å². The Morgan fingerprint density at radius 2 is 2.08 bits per heavy atom. The van der Waals surface area contributed by atoms with Gasteiger partial charge in [0.2, 0.25) is 5.95 Å². The molecule has 2 aromatic heterocycles. The number of fused-ring (bicyclic) bond motifs is 1. The van der Waals surface area contributed by atoms with E-state index in [2.05, 4.69) is 9.97 Å². The average Bonchev–Trinajstić information content (AvgIpc) is 2.99. The molecule has 5 nitrogen and oxygen atoms in total. The number of thiophene rings is 1. The highest BCUT2D eigenvalue weighted by Crippen LogP contribution is 2.47. The van der Waals surface area contributed by atoms with E-state index in [0.29, 0.717) is 35.4 Å². The summed E-state index contributed by atoms with van der Waals surface area (Å²) in [6.07, 6.45) is -3.19. The van der Waals surface area contributed by atoms with E-state index in [1.165, 1.54) is 6.07 Å². The number of alkyl halides is 3.